The number of Topliss-reactive ketones (excluding diaryl/α,β-unsaturated/α-hetero) is 1. The van der Waals surface area contributed by atoms with Gasteiger partial charge in [-0.15, -0.1) is 0 Å². The van der Waals surface area contributed by atoms with E-state index < -0.39 is 30.2 Å². The maximum atomic E-state index is 13.2. The molecule has 2 unspecified atom stereocenters. The number of hydrogen-bond donors (Lipinski definition) is 3. The second kappa shape index (κ2) is 9.46. The monoisotopic (exact) mass is 418 g/mol. The van der Waals surface area contributed by atoms with Gasteiger partial charge in [0.25, 0.3) is 0 Å². The molecule has 0 spiro atoms. The Morgan fingerprint density at radius 1 is 1.03 bits per heavy atom. The number of rotatable bonds is 9. The van der Waals surface area contributed by atoms with E-state index in [1.54, 1.807) is 74.5 Å². The third-order valence-electron chi connectivity index (χ3n) is 4.76. The number of carbonyl (C=O) groups is 2. The van der Waals surface area contributed by atoms with E-state index in [1.807, 2.05) is 0 Å². The molecule has 5 N–H and O–H groups in total. The predicted molar refractivity (Wildman–Crippen MR) is 111 cm³/mol. The van der Waals surface area contributed by atoms with Crippen LogP contribution in [0.3, 0.4) is 0 Å². The van der Waals surface area contributed by atoms with Crippen molar-refractivity contribution in [3.63, 3.8) is 0 Å². The van der Waals surface area contributed by atoms with Crippen molar-refractivity contribution in [3.05, 3.63) is 71.8 Å². The minimum absolute atomic E-state index is 0.212. The van der Waals surface area contributed by atoms with Crippen molar-refractivity contribution in [3.8, 4) is 0 Å². The van der Waals surface area contributed by atoms with Crippen molar-refractivity contribution in [2.45, 2.75) is 38.2 Å². The molecule has 0 radical (unpaired) electrons. The zero-order chi connectivity index (χ0) is 21.7. The van der Waals surface area contributed by atoms with Crippen LogP contribution in [-0.2, 0) is 27.1 Å². The summed E-state index contributed by atoms with van der Waals surface area (Å²) in [4.78, 5) is 36.3. The first-order chi connectivity index (χ1) is 13.6. The topological polar surface area (TPSA) is 133 Å². The molecule has 2 aromatic rings. The molecule has 0 aliphatic carbocycles. The van der Waals surface area contributed by atoms with E-state index in [0.29, 0.717) is 11.1 Å². The van der Waals surface area contributed by atoms with Crippen molar-refractivity contribution in [1.82, 2.24) is 0 Å². The summed E-state index contributed by atoms with van der Waals surface area (Å²) in [5.41, 5.74) is 11.9. The van der Waals surface area contributed by atoms with Gasteiger partial charge in [0.2, 0.25) is 0 Å². The third-order valence-corrected chi connectivity index (χ3v) is 6.84. The molecule has 2 aromatic carbocycles. The lowest BCUT2D eigenvalue weighted by Crippen LogP contribution is -2.58. The average molecular weight is 418 g/mol. The third kappa shape index (κ3) is 5.19. The van der Waals surface area contributed by atoms with Crippen LogP contribution in [0.2, 0.25) is 0 Å². The standard InChI is InChI=1S/C21H27N2O5P/c1-15(2)18(22)19(24)21(23,13-16-9-5-3-6-10-16)29(26,27)20(25)28-14-17-11-7-4-8-12-17/h3-12,15,18H,13-14,22-23H2,1-2H3,(H,26,27)/t18-,21?/m0/s1. The van der Waals surface area contributed by atoms with E-state index in [4.69, 9.17) is 16.2 Å². The van der Waals surface area contributed by atoms with Gasteiger partial charge in [-0.05, 0) is 17.0 Å². The fourth-order valence-electron chi connectivity index (χ4n) is 2.81. The Balaban J connectivity index is 2.35. The van der Waals surface area contributed by atoms with Gasteiger partial charge >= 0.3 is 13.1 Å². The smallest absolute Gasteiger partial charge is 0.394 e. The normalized spacial score (nSPS) is 16.5. The summed E-state index contributed by atoms with van der Waals surface area (Å²) in [6.45, 7) is 3.18. The molecule has 29 heavy (non-hydrogen) atoms. The van der Waals surface area contributed by atoms with Crippen LogP contribution in [0.1, 0.15) is 25.0 Å². The highest BCUT2D eigenvalue weighted by Gasteiger charge is 2.57. The molecule has 0 aliphatic heterocycles. The zero-order valence-corrected chi connectivity index (χ0v) is 17.4. The van der Waals surface area contributed by atoms with Crippen LogP contribution in [0, 0.1) is 5.92 Å². The summed E-state index contributed by atoms with van der Waals surface area (Å²) in [6, 6.07) is 16.1. The molecule has 156 valence electrons. The average Bonchev–Trinajstić information content (AvgIpc) is 2.71. The van der Waals surface area contributed by atoms with Crippen LogP contribution in [0.5, 0.6) is 0 Å². The lowest BCUT2D eigenvalue weighted by atomic mass is 9.92. The SMILES string of the molecule is CC(C)[C@H](N)C(=O)C(N)(Cc1ccccc1)P(=O)(O)C(=O)OCc1ccccc1. The fourth-order valence-corrected chi connectivity index (χ4v) is 4.22. The minimum Gasteiger partial charge on any atom is -0.454 e. The van der Waals surface area contributed by atoms with Gasteiger partial charge in [-0.3, -0.25) is 9.36 Å². The first-order valence-electron chi connectivity index (χ1n) is 9.26. The van der Waals surface area contributed by atoms with Crippen LogP contribution in [0.25, 0.3) is 0 Å². The van der Waals surface area contributed by atoms with Gasteiger partial charge in [0.05, 0.1) is 6.04 Å². The largest absolute Gasteiger partial charge is 0.454 e. The quantitative estimate of drug-likeness (QED) is 0.533. The molecular formula is C21H27N2O5P. The van der Waals surface area contributed by atoms with Gasteiger partial charge in [-0.25, -0.2) is 4.79 Å². The van der Waals surface area contributed by atoms with E-state index in [1.165, 1.54) is 0 Å². The molecule has 0 aromatic heterocycles. The molecule has 2 rings (SSSR count). The highest BCUT2D eigenvalue weighted by atomic mass is 31.2. The van der Waals surface area contributed by atoms with Gasteiger partial charge in [0.1, 0.15) is 6.61 Å². The Labute approximate surface area is 170 Å². The summed E-state index contributed by atoms with van der Waals surface area (Å²) in [5.74, 6) is -1.18. The summed E-state index contributed by atoms with van der Waals surface area (Å²) in [5, 5.41) is -2.40. The molecule has 0 saturated carbocycles. The lowest BCUT2D eigenvalue weighted by molar-refractivity contribution is -0.123. The number of hydrogen-bond acceptors (Lipinski definition) is 6. The van der Waals surface area contributed by atoms with Gasteiger partial charge < -0.3 is 21.1 Å². The van der Waals surface area contributed by atoms with Crippen LogP contribution < -0.4 is 11.5 Å². The highest BCUT2D eigenvalue weighted by molar-refractivity contribution is 7.77. The molecule has 3 atom stereocenters. The molecule has 0 aliphatic rings. The van der Waals surface area contributed by atoms with Crippen molar-refractivity contribution in [2.75, 3.05) is 0 Å². The van der Waals surface area contributed by atoms with Crippen LogP contribution in [0.4, 0.5) is 4.79 Å². The first-order valence-corrected chi connectivity index (χ1v) is 10.9. The van der Waals surface area contributed by atoms with Gasteiger partial charge in [-0.1, -0.05) is 74.5 Å². The molecular weight excluding hydrogens is 391 g/mol. The zero-order valence-electron chi connectivity index (χ0n) is 16.5. The second-order valence-corrected chi connectivity index (χ2v) is 9.65. The molecule has 0 heterocycles. The molecule has 8 heteroatoms. The first kappa shape index (κ1) is 23.0. The minimum atomic E-state index is -4.97. The van der Waals surface area contributed by atoms with E-state index in [-0.39, 0.29) is 18.9 Å². The second-order valence-electron chi connectivity index (χ2n) is 7.34. The lowest BCUT2D eigenvalue weighted by Gasteiger charge is -2.34. The number of ketones is 1. The van der Waals surface area contributed by atoms with Gasteiger partial charge in [0, 0.05) is 6.42 Å². The Morgan fingerprint density at radius 3 is 2.00 bits per heavy atom. The summed E-state index contributed by atoms with van der Waals surface area (Å²) >= 11 is 0. The Morgan fingerprint density at radius 2 is 1.52 bits per heavy atom. The molecule has 0 amide bonds. The summed E-state index contributed by atoms with van der Waals surface area (Å²) < 4.78 is 18.3. The number of nitrogens with two attached hydrogens (primary N) is 2. The molecule has 7 nitrogen and oxygen atoms in total. The van der Waals surface area contributed by atoms with E-state index >= 15 is 0 Å². The van der Waals surface area contributed by atoms with E-state index in [9.17, 15) is 19.0 Å². The van der Waals surface area contributed by atoms with Crippen molar-refractivity contribution >= 4 is 18.9 Å². The summed E-state index contributed by atoms with van der Waals surface area (Å²) in [7, 11) is -4.97. The molecule has 0 saturated heterocycles. The van der Waals surface area contributed by atoms with Crippen LogP contribution in [-0.4, -0.2) is 27.7 Å². The summed E-state index contributed by atoms with van der Waals surface area (Å²) in [6.07, 6.45) is -0.318. The van der Waals surface area contributed by atoms with Crippen LogP contribution >= 0.6 is 7.37 Å². The maximum Gasteiger partial charge on any atom is 0.394 e. The van der Waals surface area contributed by atoms with E-state index in [0.717, 1.165) is 0 Å². The van der Waals surface area contributed by atoms with E-state index in [2.05, 4.69) is 0 Å². The number of ether oxygens (including phenoxy) is 1. The van der Waals surface area contributed by atoms with Crippen molar-refractivity contribution in [1.29, 1.82) is 0 Å². The Bertz CT molecular complexity index is 888. The Kier molecular flexibility index (Phi) is 7.49. The fraction of sp³-hybridized carbons (Fsp3) is 0.333. The van der Waals surface area contributed by atoms with Crippen molar-refractivity contribution in [2.24, 2.45) is 17.4 Å². The number of carbonyl (C=O) groups excluding carboxylic acids is 2. The highest BCUT2D eigenvalue weighted by Crippen LogP contribution is 2.55. The molecule has 0 fully saturated rings. The Hall–Kier alpha value is -2.31. The predicted octanol–water partition coefficient (Wildman–Crippen LogP) is 3.04. The van der Waals surface area contributed by atoms with Crippen molar-refractivity contribution < 1.29 is 23.8 Å². The number of benzene rings is 2. The molecule has 0 bridgehead atoms. The van der Waals surface area contributed by atoms with Gasteiger partial charge in [-0.2, -0.15) is 0 Å². The maximum absolute atomic E-state index is 13.2. The van der Waals surface area contributed by atoms with Gasteiger partial charge in [0.15, 0.2) is 11.1 Å². The van der Waals surface area contributed by atoms with Crippen LogP contribution in [0.15, 0.2) is 60.7 Å².